The van der Waals surface area contributed by atoms with Crippen LogP contribution in [0.1, 0.15) is 30.9 Å². The van der Waals surface area contributed by atoms with E-state index in [1.165, 1.54) is 5.56 Å². The molecule has 0 aromatic heterocycles. The maximum atomic E-state index is 13.4. The number of aryl methyl sites for hydroxylation is 1. The van der Waals surface area contributed by atoms with Crippen LogP contribution in [0.5, 0.6) is 0 Å². The first kappa shape index (κ1) is 18.1. The van der Waals surface area contributed by atoms with Crippen LogP contribution in [0.25, 0.3) is 0 Å². The number of piperazine rings is 1. The summed E-state index contributed by atoms with van der Waals surface area (Å²) in [6.45, 7) is 4.59. The molecule has 5 heteroatoms. The van der Waals surface area contributed by atoms with Gasteiger partial charge >= 0.3 is 0 Å². The van der Waals surface area contributed by atoms with Crippen LogP contribution in [0.2, 0.25) is 5.02 Å². The number of benzene rings is 2. The van der Waals surface area contributed by atoms with Crippen molar-refractivity contribution in [3.05, 3.63) is 64.7 Å². The van der Waals surface area contributed by atoms with Crippen LogP contribution in [0.4, 0.5) is 5.69 Å². The summed E-state index contributed by atoms with van der Waals surface area (Å²) in [6.07, 6.45) is 1.70. The van der Waals surface area contributed by atoms with Gasteiger partial charge in [-0.1, -0.05) is 53.6 Å². The molecule has 1 saturated carbocycles. The first-order chi connectivity index (χ1) is 12.9. The molecule has 27 heavy (non-hydrogen) atoms. The number of para-hydroxylation sites is 1. The van der Waals surface area contributed by atoms with Gasteiger partial charge in [-0.2, -0.15) is 0 Å². The smallest absolute Gasteiger partial charge is 0.246 e. The van der Waals surface area contributed by atoms with Crippen molar-refractivity contribution >= 4 is 29.1 Å². The molecular formula is C22H23ClN2O2. The Morgan fingerprint density at radius 2 is 1.78 bits per heavy atom. The monoisotopic (exact) mass is 382 g/mol. The highest BCUT2D eigenvalue weighted by molar-refractivity contribution is 6.33. The average molecular weight is 383 g/mol. The second-order valence-electron chi connectivity index (χ2n) is 7.69. The van der Waals surface area contributed by atoms with Crippen molar-refractivity contribution in [2.75, 3.05) is 18.0 Å². The number of amides is 2. The summed E-state index contributed by atoms with van der Waals surface area (Å²) in [5.74, 6) is -0.0136. The van der Waals surface area contributed by atoms with Crippen LogP contribution < -0.4 is 4.90 Å². The quantitative estimate of drug-likeness (QED) is 0.806. The molecule has 0 bridgehead atoms. The first-order valence-corrected chi connectivity index (χ1v) is 9.73. The fraction of sp³-hybridized carbons (Fsp3) is 0.364. The number of carbonyl (C=O) groups is 2. The van der Waals surface area contributed by atoms with Gasteiger partial charge in [0.05, 0.1) is 16.1 Å². The highest BCUT2D eigenvalue weighted by Gasteiger charge is 2.54. The minimum absolute atomic E-state index is 0.0607. The molecule has 4 nitrogen and oxygen atoms in total. The number of halogens is 1. The molecule has 0 N–H and O–H groups in total. The number of hydrogen-bond acceptors (Lipinski definition) is 2. The number of carbonyl (C=O) groups excluding carboxylic acids is 2. The van der Waals surface area contributed by atoms with Gasteiger partial charge in [0.25, 0.3) is 0 Å². The summed E-state index contributed by atoms with van der Waals surface area (Å²) in [5, 5.41) is 0.552. The van der Waals surface area contributed by atoms with Crippen LogP contribution in [-0.4, -0.2) is 35.8 Å². The highest BCUT2D eigenvalue weighted by Crippen LogP contribution is 2.50. The van der Waals surface area contributed by atoms with E-state index < -0.39 is 5.41 Å². The Morgan fingerprint density at radius 1 is 1.11 bits per heavy atom. The maximum Gasteiger partial charge on any atom is 0.246 e. The van der Waals surface area contributed by atoms with Crippen LogP contribution in [0.3, 0.4) is 0 Å². The number of nitrogens with zero attached hydrogens (tertiary/aromatic N) is 2. The van der Waals surface area contributed by atoms with Crippen molar-refractivity contribution in [3.8, 4) is 0 Å². The van der Waals surface area contributed by atoms with Crippen LogP contribution in [0.15, 0.2) is 48.5 Å². The third-order valence-electron chi connectivity index (χ3n) is 5.75. The molecule has 1 aliphatic carbocycles. The number of rotatable bonds is 3. The van der Waals surface area contributed by atoms with E-state index in [4.69, 9.17) is 11.6 Å². The maximum absolute atomic E-state index is 13.4. The lowest BCUT2D eigenvalue weighted by Gasteiger charge is -2.41. The van der Waals surface area contributed by atoms with E-state index in [2.05, 4.69) is 0 Å². The van der Waals surface area contributed by atoms with Crippen molar-refractivity contribution in [1.29, 1.82) is 0 Å². The molecule has 4 rings (SSSR count). The lowest BCUT2D eigenvalue weighted by Crippen LogP contribution is -2.59. The van der Waals surface area contributed by atoms with Crippen molar-refractivity contribution < 1.29 is 9.59 Å². The largest absolute Gasteiger partial charge is 0.328 e. The van der Waals surface area contributed by atoms with Crippen molar-refractivity contribution in [2.45, 2.75) is 38.1 Å². The van der Waals surface area contributed by atoms with Crippen molar-refractivity contribution in [2.24, 2.45) is 0 Å². The number of hydrogen-bond donors (Lipinski definition) is 0. The molecule has 1 heterocycles. The molecule has 2 amide bonds. The van der Waals surface area contributed by atoms with Crippen LogP contribution in [-0.2, 0) is 15.0 Å². The first-order valence-electron chi connectivity index (χ1n) is 9.35. The van der Waals surface area contributed by atoms with Gasteiger partial charge in [0.2, 0.25) is 11.8 Å². The topological polar surface area (TPSA) is 40.6 Å². The van der Waals surface area contributed by atoms with Gasteiger partial charge < -0.3 is 9.80 Å². The molecule has 0 spiro atoms. The SMILES string of the molecule is Cc1ccc(C2(C(=O)N3CC(=O)N(c4ccccc4Cl)C[C@H]3C)CC2)cc1. The van der Waals surface area contributed by atoms with Crippen LogP contribution >= 0.6 is 11.6 Å². The van der Waals surface area contributed by atoms with Gasteiger partial charge in [0, 0.05) is 12.6 Å². The third kappa shape index (κ3) is 3.12. The van der Waals surface area contributed by atoms with Gasteiger partial charge in [-0.05, 0) is 44.4 Å². The van der Waals surface area contributed by atoms with Gasteiger partial charge in [0.1, 0.15) is 6.54 Å². The Bertz CT molecular complexity index is 889. The predicted molar refractivity (Wildman–Crippen MR) is 107 cm³/mol. The van der Waals surface area contributed by atoms with Gasteiger partial charge in [-0.15, -0.1) is 0 Å². The van der Waals surface area contributed by atoms with Gasteiger partial charge in [0.15, 0.2) is 0 Å². The molecule has 2 aromatic rings. The van der Waals surface area contributed by atoms with E-state index in [0.717, 1.165) is 18.4 Å². The minimum atomic E-state index is -0.450. The summed E-state index contributed by atoms with van der Waals surface area (Å²) in [5.41, 5.74) is 2.50. The average Bonchev–Trinajstić information content (AvgIpc) is 3.46. The fourth-order valence-corrected chi connectivity index (χ4v) is 4.16. The zero-order valence-corrected chi connectivity index (χ0v) is 16.4. The Balaban J connectivity index is 1.56. The molecule has 140 valence electrons. The summed E-state index contributed by atoms with van der Waals surface area (Å²) in [6, 6.07) is 15.5. The van der Waals surface area contributed by atoms with Crippen molar-refractivity contribution in [1.82, 2.24) is 4.90 Å². The third-order valence-corrected chi connectivity index (χ3v) is 6.07. The van der Waals surface area contributed by atoms with E-state index in [0.29, 0.717) is 17.3 Å². The molecule has 2 aromatic carbocycles. The lowest BCUT2D eigenvalue weighted by molar-refractivity contribution is -0.141. The highest BCUT2D eigenvalue weighted by atomic mass is 35.5. The molecule has 0 unspecified atom stereocenters. The van der Waals surface area contributed by atoms with Gasteiger partial charge in [-0.3, -0.25) is 9.59 Å². The lowest BCUT2D eigenvalue weighted by atomic mass is 9.92. The zero-order valence-electron chi connectivity index (χ0n) is 15.6. The van der Waals surface area contributed by atoms with E-state index in [1.54, 1.807) is 15.9 Å². The van der Waals surface area contributed by atoms with Crippen LogP contribution in [0, 0.1) is 6.92 Å². The molecule has 2 fully saturated rings. The summed E-state index contributed by atoms with van der Waals surface area (Å²) >= 11 is 6.27. The molecule has 1 aliphatic heterocycles. The second kappa shape index (κ2) is 6.68. The van der Waals surface area contributed by atoms with E-state index in [1.807, 2.05) is 56.3 Å². The molecular weight excluding hydrogens is 360 g/mol. The molecule has 1 atom stereocenters. The molecule has 1 saturated heterocycles. The summed E-state index contributed by atoms with van der Waals surface area (Å²) in [4.78, 5) is 29.6. The van der Waals surface area contributed by atoms with E-state index >= 15 is 0 Å². The summed E-state index contributed by atoms with van der Waals surface area (Å²) < 4.78 is 0. The predicted octanol–water partition coefficient (Wildman–Crippen LogP) is 3.94. The Hall–Kier alpha value is -2.33. The standard InChI is InChI=1S/C22H23ClN2O2/c1-15-7-9-17(10-8-15)22(11-12-22)21(27)24-14-20(26)25(13-16(24)2)19-6-4-3-5-18(19)23/h3-10,16H,11-14H2,1-2H3/t16-/m1/s1. The molecule has 2 aliphatic rings. The Labute approximate surface area is 164 Å². The second-order valence-corrected chi connectivity index (χ2v) is 8.09. The zero-order chi connectivity index (χ0) is 19.2. The van der Waals surface area contributed by atoms with E-state index in [9.17, 15) is 9.59 Å². The Kier molecular flexibility index (Phi) is 4.47. The van der Waals surface area contributed by atoms with Crippen molar-refractivity contribution in [3.63, 3.8) is 0 Å². The van der Waals surface area contributed by atoms with Gasteiger partial charge in [-0.25, -0.2) is 0 Å². The number of anilines is 1. The normalized spacial score (nSPS) is 21.3. The molecule has 0 radical (unpaired) electrons. The van der Waals surface area contributed by atoms with E-state index in [-0.39, 0.29) is 24.4 Å². The Morgan fingerprint density at radius 3 is 2.41 bits per heavy atom. The summed E-state index contributed by atoms with van der Waals surface area (Å²) in [7, 11) is 0. The fourth-order valence-electron chi connectivity index (χ4n) is 3.93. The minimum Gasteiger partial charge on any atom is -0.328 e.